The Morgan fingerprint density at radius 3 is 3.03 bits per heavy atom. The minimum Gasteiger partial charge on any atom is -0.409 e. The first-order valence-electron chi connectivity index (χ1n) is 8.80. The summed E-state index contributed by atoms with van der Waals surface area (Å²) < 4.78 is 18.3. The third-order valence-electron chi connectivity index (χ3n) is 4.36. The number of nitrogens with zero attached hydrogens (tertiary/aromatic N) is 3. The van der Waals surface area contributed by atoms with Crippen molar-refractivity contribution in [3.05, 3.63) is 40.8 Å². The second kappa shape index (κ2) is 9.67. The van der Waals surface area contributed by atoms with Crippen molar-refractivity contribution in [2.24, 2.45) is 5.16 Å². The van der Waals surface area contributed by atoms with Gasteiger partial charge in [0.25, 0.3) is 0 Å². The second-order valence-corrected chi connectivity index (χ2v) is 7.34. The molecule has 10 nitrogen and oxygen atoms in total. The average molecular weight is 425 g/mol. The lowest BCUT2D eigenvalue weighted by Crippen LogP contribution is -2.35. The summed E-state index contributed by atoms with van der Waals surface area (Å²) in [6.07, 6.45) is 0.399. The van der Waals surface area contributed by atoms with Crippen LogP contribution in [0.1, 0.15) is 29.3 Å². The molecule has 1 heterocycles. The Hall–Kier alpha value is -2.70. The maximum absolute atomic E-state index is 13.6. The molecule has 1 aliphatic rings. The number of hydrogen-bond donors (Lipinski definition) is 5. The first-order chi connectivity index (χ1) is 14.0. The molecule has 0 radical (unpaired) electrons. The third-order valence-corrected chi connectivity index (χ3v) is 5.31. The Morgan fingerprint density at radius 2 is 2.28 bits per heavy atom. The number of thioether (sulfide) groups is 1. The maximum Gasteiger partial charge on any atom is 0.230 e. The molecule has 0 bridgehead atoms. The molecule has 1 aromatic heterocycles. The highest BCUT2D eigenvalue weighted by Gasteiger charge is 2.27. The van der Waals surface area contributed by atoms with Crippen LogP contribution in [0, 0.1) is 5.82 Å². The van der Waals surface area contributed by atoms with E-state index < -0.39 is 18.6 Å². The first-order valence-corrected chi connectivity index (χ1v) is 9.78. The quantitative estimate of drug-likeness (QED) is 0.131. The van der Waals surface area contributed by atoms with Crippen LogP contribution in [0.5, 0.6) is 0 Å². The number of amides is 1. The number of carbonyl (C=O) groups is 1. The van der Waals surface area contributed by atoms with Gasteiger partial charge in [-0.2, -0.15) is 0 Å². The first kappa shape index (κ1) is 21.0. The molecule has 0 saturated heterocycles. The van der Waals surface area contributed by atoms with E-state index in [1.165, 1.54) is 12.1 Å². The van der Waals surface area contributed by atoms with E-state index in [0.717, 1.165) is 29.3 Å². The summed E-state index contributed by atoms with van der Waals surface area (Å²) in [6, 6.07) is 4.30. The summed E-state index contributed by atoms with van der Waals surface area (Å²) in [5, 5.41) is 43.8. The number of oxime groups is 1. The van der Waals surface area contributed by atoms with Crippen LogP contribution in [0.25, 0.3) is 0 Å². The van der Waals surface area contributed by atoms with Gasteiger partial charge in [-0.05, 0) is 46.4 Å². The normalized spacial score (nSPS) is 17.1. The van der Waals surface area contributed by atoms with Crippen LogP contribution in [-0.4, -0.2) is 62.5 Å². The van der Waals surface area contributed by atoms with E-state index in [1.54, 1.807) is 6.07 Å². The van der Waals surface area contributed by atoms with Gasteiger partial charge in [-0.3, -0.25) is 4.79 Å². The summed E-state index contributed by atoms with van der Waals surface area (Å²) in [7, 11) is 0. The van der Waals surface area contributed by atoms with Crippen LogP contribution < -0.4 is 10.6 Å². The number of aliphatic hydroxyl groups excluding tert-OH is 2. The zero-order chi connectivity index (χ0) is 20.8. The molecule has 29 heavy (non-hydrogen) atoms. The monoisotopic (exact) mass is 425 g/mol. The van der Waals surface area contributed by atoms with Crippen molar-refractivity contribution in [2.75, 3.05) is 18.9 Å². The number of aromatic nitrogens is 2. The highest BCUT2D eigenvalue weighted by molar-refractivity contribution is 8.00. The molecule has 12 heteroatoms. The number of amidine groups is 1. The average Bonchev–Trinajstić information content (AvgIpc) is 3.35. The molecule has 0 saturated carbocycles. The van der Waals surface area contributed by atoms with Crippen LogP contribution in [0.4, 0.5) is 4.39 Å². The molecule has 0 spiro atoms. The van der Waals surface area contributed by atoms with Crippen molar-refractivity contribution in [3.63, 3.8) is 0 Å². The van der Waals surface area contributed by atoms with Gasteiger partial charge in [0.2, 0.25) is 5.91 Å². The molecule has 2 unspecified atom stereocenters. The number of halogens is 1. The van der Waals surface area contributed by atoms with Gasteiger partial charge in [0.1, 0.15) is 5.82 Å². The molecule has 1 aliphatic carbocycles. The number of nitrogens with one attached hydrogen (secondary N) is 2. The molecule has 3 rings (SSSR count). The van der Waals surface area contributed by atoms with E-state index >= 15 is 0 Å². The Morgan fingerprint density at radius 1 is 1.45 bits per heavy atom. The molecule has 1 amide bonds. The number of benzene rings is 1. The second-order valence-electron chi connectivity index (χ2n) is 6.37. The van der Waals surface area contributed by atoms with Crippen LogP contribution in [-0.2, 0) is 11.2 Å². The van der Waals surface area contributed by atoms with Gasteiger partial charge in [-0.25, -0.2) is 9.02 Å². The SMILES string of the molecule is O=C(CSc1nonc1/C(=N/O)NC1CCc2ccc(F)cc21)NCC(O)CO. The standard InChI is InChI=1S/C17H20FN5O5S/c18-10-3-1-9-2-4-13(12(9)5-10)20-16(21-27)15-17(23-28-22-15)29-8-14(26)19-6-11(25)7-24/h1,3,5,11,13,24-25,27H,2,4,6-8H2,(H,19,26)(H,20,21). The van der Waals surface area contributed by atoms with Gasteiger partial charge < -0.3 is 26.1 Å². The zero-order valence-electron chi connectivity index (χ0n) is 15.2. The highest BCUT2D eigenvalue weighted by Crippen LogP contribution is 2.32. The lowest BCUT2D eigenvalue weighted by molar-refractivity contribution is -0.119. The summed E-state index contributed by atoms with van der Waals surface area (Å²) in [5.74, 6) is -0.814. The largest absolute Gasteiger partial charge is 0.409 e. The van der Waals surface area contributed by atoms with Crippen molar-refractivity contribution < 1.29 is 29.2 Å². The van der Waals surface area contributed by atoms with Crippen molar-refractivity contribution in [1.82, 2.24) is 20.9 Å². The van der Waals surface area contributed by atoms with Crippen LogP contribution in [0.3, 0.4) is 0 Å². The van der Waals surface area contributed by atoms with Gasteiger partial charge in [-0.1, -0.05) is 23.0 Å². The molecule has 2 aromatic rings. The summed E-state index contributed by atoms with van der Waals surface area (Å²) in [5.41, 5.74) is 1.90. The van der Waals surface area contributed by atoms with Crippen molar-refractivity contribution >= 4 is 23.5 Å². The molecule has 1 aromatic carbocycles. The van der Waals surface area contributed by atoms with Crippen LogP contribution >= 0.6 is 11.8 Å². The van der Waals surface area contributed by atoms with Gasteiger partial charge in [-0.15, -0.1) is 0 Å². The highest BCUT2D eigenvalue weighted by atomic mass is 32.2. The van der Waals surface area contributed by atoms with E-state index in [-0.39, 0.29) is 40.7 Å². The molecule has 5 N–H and O–H groups in total. The number of carbonyl (C=O) groups excluding carboxylic acids is 1. The fourth-order valence-electron chi connectivity index (χ4n) is 2.93. The van der Waals surface area contributed by atoms with E-state index in [9.17, 15) is 19.5 Å². The molecular weight excluding hydrogens is 405 g/mol. The van der Waals surface area contributed by atoms with Crippen LogP contribution in [0.2, 0.25) is 0 Å². The van der Waals surface area contributed by atoms with Gasteiger partial charge >= 0.3 is 0 Å². The van der Waals surface area contributed by atoms with Crippen molar-refractivity contribution in [3.8, 4) is 0 Å². The Bertz CT molecular complexity index is 893. The summed E-state index contributed by atoms with van der Waals surface area (Å²) in [6.45, 7) is -0.538. The zero-order valence-corrected chi connectivity index (χ0v) is 16.0. The van der Waals surface area contributed by atoms with E-state index in [1.807, 2.05) is 0 Å². The Labute approximate surface area is 169 Å². The van der Waals surface area contributed by atoms with E-state index in [2.05, 4.69) is 26.1 Å². The number of rotatable bonds is 8. The molecule has 0 fully saturated rings. The topological polar surface area (TPSA) is 153 Å². The number of aryl methyl sites for hydroxylation is 1. The lowest BCUT2D eigenvalue weighted by atomic mass is 10.1. The maximum atomic E-state index is 13.6. The lowest BCUT2D eigenvalue weighted by Gasteiger charge is -2.15. The predicted molar refractivity (Wildman–Crippen MR) is 100 cm³/mol. The minimum atomic E-state index is -1.04. The summed E-state index contributed by atoms with van der Waals surface area (Å²) in [4.78, 5) is 11.8. The Kier molecular flexibility index (Phi) is 7.01. The fraction of sp³-hybridized carbons (Fsp3) is 0.412. The van der Waals surface area contributed by atoms with Gasteiger partial charge in [0.15, 0.2) is 16.6 Å². The van der Waals surface area contributed by atoms with Crippen molar-refractivity contribution in [2.45, 2.75) is 30.0 Å². The van der Waals surface area contributed by atoms with Crippen LogP contribution in [0.15, 0.2) is 33.0 Å². The number of aliphatic hydroxyl groups is 2. The fourth-order valence-corrected chi connectivity index (χ4v) is 3.66. The molecular formula is C17H20FN5O5S. The number of fused-ring (bicyclic) bond motifs is 1. The van der Waals surface area contributed by atoms with Gasteiger partial charge in [0, 0.05) is 6.54 Å². The molecule has 156 valence electrons. The van der Waals surface area contributed by atoms with Gasteiger partial charge in [0.05, 0.1) is 24.5 Å². The predicted octanol–water partition coefficient (Wildman–Crippen LogP) is 0.183. The summed E-state index contributed by atoms with van der Waals surface area (Å²) >= 11 is 0.995. The third kappa shape index (κ3) is 5.22. The smallest absolute Gasteiger partial charge is 0.230 e. The molecule has 0 aliphatic heterocycles. The minimum absolute atomic E-state index is 0.00743. The Balaban J connectivity index is 1.63. The van der Waals surface area contributed by atoms with Crippen molar-refractivity contribution in [1.29, 1.82) is 0 Å². The molecule has 2 atom stereocenters. The van der Waals surface area contributed by atoms with E-state index in [0.29, 0.717) is 6.42 Å². The number of hydrogen-bond acceptors (Lipinski definition) is 9. The van der Waals surface area contributed by atoms with E-state index in [4.69, 9.17) is 9.74 Å².